The second-order valence-corrected chi connectivity index (χ2v) is 5.92. The molecule has 120 valence electrons. The van der Waals surface area contributed by atoms with E-state index < -0.39 is 5.54 Å². The van der Waals surface area contributed by atoms with Gasteiger partial charge in [-0.05, 0) is 46.1 Å². The average molecular weight is 316 g/mol. The monoisotopic (exact) mass is 315 g/mol. The van der Waals surface area contributed by atoms with Crippen molar-refractivity contribution < 1.29 is 9.53 Å². The van der Waals surface area contributed by atoms with Gasteiger partial charge in [0.1, 0.15) is 5.54 Å². The largest absolute Gasteiger partial charge is 0.468 e. The SMILES string of the molecule is CCCNC(C)(CCCCn1ncc(Cl)c1C)C(=O)OC. The molecule has 0 saturated carbocycles. The minimum atomic E-state index is -0.610. The zero-order valence-electron chi connectivity index (χ0n) is 13.4. The van der Waals surface area contributed by atoms with Crippen molar-refractivity contribution in [1.29, 1.82) is 0 Å². The van der Waals surface area contributed by atoms with Crippen LogP contribution in [0.25, 0.3) is 0 Å². The van der Waals surface area contributed by atoms with Gasteiger partial charge in [0.25, 0.3) is 0 Å². The van der Waals surface area contributed by atoms with Crippen molar-refractivity contribution in [2.75, 3.05) is 13.7 Å². The van der Waals surface area contributed by atoms with Crippen LogP contribution in [0.15, 0.2) is 6.20 Å². The Hall–Kier alpha value is -1.07. The van der Waals surface area contributed by atoms with Crippen molar-refractivity contribution in [2.45, 2.75) is 58.5 Å². The van der Waals surface area contributed by atoms with Gasteiger partial charge < -0.3 is 10.1 Å². The number of esters is 1. The third-order valence-corrected chi connectivity index (χ3v) is 4.11. The van der Waals surface area contributed by atoms with Crippen LogP contribution in [0.5, 0.6) is 0 Å². The molecular weight excluding hydrogens is 290 g/mol. The lowest BCUT2D eigenvalue weighted by molar-refractivity contribution is -0.148. The number of halogens is 1. The predicted octanol–water partition coefficient (Wildman–Crippen LogP) is 2.95. The van der Waals surface area contributed by atoms with Gasteiger partial charge in [-0.25, -0.2) is 0 Å². The standard InChI is InChI=1S/C15H26ClN3O2/c1-5-9-17-15(3,14(20)21-4)8-6-7-10-19-12(2)13(16)11-18-19/h11,17H,5-10H2,1-4H3. The van der Waals surface area contributed by atoms with Crippen LogP contribution >= 0.6 is 11.6 Å². The van der Waals surface area contributed by atoms with Crippen LogP contribution in [0.4, 0.5) is 0 Å². The van der Waals surface area contributed by atoms with E-state index in [0.29, 0.717) is 5.02 Å². The summed E-state index contributed by atoms with van der Waals surface area (Å²) in [6.45, 7) is 7.55. The fraction of sp³-hybridized carbons (Fsp3) is 0.733. The lowest BCUT2D eigenvalue weighted by Crippen LogP contribution is -2.50. The number of ether oxygens (including phenoxy) is 1. The minimum absolute atomic E-state index is 0.200. The van der Waals surface area contributed by atoms with Gasteiger partial charge >= 0.3 is 5.97 Å². The lowest BCUT2D eigenvalue weighted by atomic mass is 9.94. The number of hydrogen-bond donors (Lipinski definition) is 1. The quantitative estimate of drug-likeness (QED) is 0.562. The average Bonchev–Trinajstić information content (AvgIpc) is 2.80. The van der Waals surface area contributed by atoms with Gasteiger partial charge in [-0.15, -0.1) is 0 Å². The number of unbranched alkanes of at least 4 members (excludes halogenated alkanes) is 1. The number of hydrogen-bond acceptors (Lipinski definition) is 4. The second kappa shape index (κ2) is 8.39. The minimum Gasteiger partial charge on any atom is -0.468 e. The van der Waals surface area contributed by atoms with Gasteiger partial charge in [-0.1, -0.05) is 18.5 Å². The van der Waals surface area contributed by atoms with Crippen LogP contribution in [0.3, 0.4) is 0 Å². The van der Waals surface area contributed by atoms with E-state index in [1.54, 1.807) is 6.20 Å². The summed E-state index contributed by atoms with van der Waals surface area (Å²) in [4.78, 5) is 11.9. The number of methoxy groups -OCH3 is 1. The van der Waals surface area contributed by atoms with Crippen molar-refractivity contribution in [2.24, 2.45) is 0 Å². The maximum atomic E-state index is 11.9. The zero-order valence-corrected chi connectivity index (χ0v) is 14.2. The molecule has 0 fully saturated rings. The number of rotatable bonds is 9. The molecule has 1 rings (SSSR count). The molecule has 1 unspecified atom stereocenters. The number of nitrogens with one attached hydrogen (secondary N) is 1. The fourth-order valence-corrected chi connectivity index (χ4v) is 2.42. The van der Waals surface area contributed by atoms with E-state index in [1.165, 1.54) is 7.11 Å². The summed E-state index contributed by atoms with van der Waals surface area (Å²) >= 11 is 5.98. The Bertz CT molecular complexity index is 462. The third-order valence-electron chi connectivity index (χ3n) is 3.74. The Kier molecular flexibility index (Phi) is 7.18. The first-order valence-electron chi connectivity index (χ1n) is 7.46. The third kappa shape index (κ3) is 5.00. The Morgan fingerprint density at radius 1 is 1.52 bits per heavy atom. The van der Waals surface area contributed by atoms with Crippen LogP contribution < -0.4 is 5.32 Å². The van der Waals surface area contributed by atoms with Crippen LogP contribution in [0.1, 0.15) is 45.2 Å². The molecule has 5 nitrogen and oxygen atoms in total. The Morgan fingerprint density at radius 2 is 2.24 bits per heavy atom. The van der Waals surface area contributed by atoms with Crippen LogP contribution in [0, 0.1) is 6.92 Å². The summed E-state index contributed by atoms with van der Waals surface area (Å²) in [5.41, 5.74) is 0.373. The van der Waals surface area contributed by atoms with Crippen molar-refractivity contribution >= 4 is 17.6 Å². The molecule has 1 heterocycles. The van der Waals surface area contributed by atoms with Crippen LogP contribution in [-0.2, 0) is 16.1 Å². The molecule has 1 atom stereocenters. The van der Waals surface area contributed by atoms with Crippen molar-refractivity contribution in [3.05, 3.63) is 16.9 Å². The van der Waals surface area contributed by atoms with E-state index in [-0.39, 0.29) is 5.97 Å². The molecule has 0 amide bonds. The molecule has 0 saturated heterocycles. The first-order valence-corrected chi connectivity index (χ1v) is 7.83. The first kappa shape index (κ1) is 18.0. The summed E-state index contributed by atoms with van der Waals surface area (Å²) in [5, 5.41) is 8.21. The van der Waals surface area contributed by atoms with Gasteiger partial charge in [0, 0.05) is 6.54 Å². The van der Waals surface area contributed by atoms with E-state index in [2.05, 4.69) is 17.3 Å². The van der Waals surface area contributed by atoms with Crippen molar-refractivity contribution in [3.8, 4) is 0 Å². The van der Waals surface area contributed by atoms with Crippen molar-refractivity contribution in [3.63, 3.8) is 0 Å². The topological polar surface area (TPSA) is 56.2 Å². The van der Waals surface area contributed by atoms with E-state index >= 15 is 0 Å². The molecule has 1 aromatic heterocycles. The molecule has 0 bridgehead atoms. The Labute approximate surface area is 132 Å². The summed E-state index contributed by atoms with van der Waals surface area (Å²) in [6, 6.07) is 0. The molecule has 6 heteroatoms. The number of aryl methyl sites for hydroxylation is 1. The number of nitrogens with zero attached hydrogens (tertiary/aromatic N) is 2. The van der Waals surface area contributed by atoms with E-state index in [0.717, 1.165) is 44.5 Å². The Balaban J connectivity index is 2.46. The molecule has 0 aliphatic carbocycles. The molecule has 0 aromatic carbocycles. The van der Waals surface area contributed by atoms with E-state index in [4.69, 9.17) is 16.3 Å². The molecule has 0 aliphatic heterocycles. The molecule has 0 aliphatic rings. The first-order chi connectivity index (χ1) is 9.94. The molecule has 1 N–H and O–H groups in total. The van der Waals surface area contributed by atoms with Crippen molar-refractivity contribution in [1.82, 2.24) is 15.1 Å². The van der Waals surface area contributed by atoms with Gasteiger partial charge in [-0.3, -0.25) is 9.48 Å². The number of aromatic nitrogens is 2. The molecule has 0 radical (unpaired) electrons. The van der Waals surface area contributed by atoms with Crippen LogP contribution in [0.2, 0.25) is 5.02 Å². The fourth-order valence-electron chi connectivity index (χ4n) is 2.28. The molecule has 1 aromatic rings. The maximum Gasteiger partial charge on any atom is 0.325 e. The highest BCUT2D eigenvalue weighted by atomic mass is 35.5. The highest BCUT2D eigenvalue weighted by Gasteiger charge is 2.32. The normalized spacial score (nSPS) is 14.0. The predicted molar refractivity (Wildman–Crippen MR) is 84.5 cm³/mol. The summed E-state index contributed by atoms with van der Waals surface area (Å²) < 4.78 is 6.81. The van der Waals surface area contributed by atoms with E-state index in [1.807, 2.05) is 18.5 Å². The van der Waals surface area contributed by atoms with E-state index in [9.17, 15) is 4.79 Å². The van der Waals surface area contributed by atoms with Gasteiger partial charge in [0.2, 0.25) is 0 Å². The summed E-state index contributed by atoms with van der Waals surface area (Å²) in [6.07, 6.45) is 5.25. The second-order valence-electron chi connectivity index (χ2n) is 5.51. The number of carbonyl (C=O) groups excluding carboxylic acids is 1. The summed E-state index contributed by atoms with van der Waals surface area (Å²) in [5.74, 6) is -0.200. The highest BCUT2D eigenvalue weighted by Crippen LogP contribution is 2.18. The number of carbonyl (C=O) groups is 1. The smallest absolute Gasteiger partial charge is 0.325 e. The van der Waals surface area contributed by atoms with Crippen LogP contribution in [-0.4, -0.2) is 34.9 Å². The zero-order chi connectivity index (χ0) is 15.9. The lowest BCUT2D eigenvalue weighted by Gasteiger charge is -2.28. The molecular formula is C15H26ClN3O2. The highest BCUT2D eigenvalue weighted by molar-refractivity contribution is 6.31. The molecule has 0 spiro atoms. The maximum absolute atomic E-state index is 11.9. The Morgan fingerprint density at radius 3 is 2.76 bits per heavy atom. The summed E-state index contributed by atoms with van der Waals surface area (Å²) in [7, 11) is 1.43. The van der Waals surface area contributed by atoms with Gasteiger partial charge in [0.05, 0.1) is 24.0 Å². The molecule has 21 heavy (non-hydrogen) atoms. The van der Waals surface area contributed by atoms with Gasteiger partial charge in [-0.2, -0.15) is 5.10 Å². The van der Waals surface area contributed by atoms with Gasteiger partial charge in [0.15, 0.2) is 0 Å².